The topological polar surface area (TPSA) is 53.0 Å². The highest BCUT2D eigenvalue weighted by atomic mass is 32.1. The van der Waals surface area contributed by atoms with Crippen LogP contribution in [0.3, 0.4) is 0 Å². The van der Waals surface area contributed by atoms with Gasteiger partial charge in [0.25, 0.3) is 0 Å². The summed E-state index contributed by atoms with van der Waals surface area (Å²) in [5.74, 6) is 0.823. The maximum absolute atomic E-state index is 5.48. The lowest BCUT2D eigenvalue weighted by Gasteiger charge is -2.37. The number of fused-ring (bicyclic) bond motifs is 1. The number of benzene rings is 2. The molecule has 2 aromatic heterocycles. The number of aromatic nitrogens is 4. The van der Waals surface area contributed by atoms with Gasteiger partial charge in [-0.15, -0.1) is 11.3 Å². The lowest BCUT2D eigenvalue weighted by atomic mass is 10.2. The number of nitrogens with one attached hydrogen (secondary N) is 1. The van der Waals surface area contributed by atoms with E-state index < -0.39 is 0 Å². The molecule has 0 amide bonds. The number of hydrogen-bond acceptors (Lipinski definition) is 6. The molecule has 1 atom stereocenters. The second kappa shape index (κ2) is 8.39. The first-order chi connectivity index (χ1) is 14.7. The van der Waals surface area contributed by atoms with Gasteiger partial charge in [-0.3, -0.25) is 14.9 Å². The van der Waals surface area contributed by atoms with E-state index in [1.165, 1.54) is 9.71 Å². The summed E-state index contributed by atoms with van der Waals surface area (Å²) in [6.07, 6.45) is 0. The van der Waals surface area contributed by atoms with Crippen LogP contribution in [0, 0.1) is 4.77 Å². The molecule has 0 saturated carbocycles. The number of hydrogen-bond donors (Lipinski definition) is 1. The average molecular weight is 437 g/mol. The van der Waals surface area contributed by atoms with Crippen LogP contribution < -0.4 is 0 Å². The zero-order valence-electron chi connectivity index (χ0n) is 16.9. The molecule has 154 valence electrons. The summed E-state index contributed by atoms with van der Waals surface area (Å²) in [6, 6.07) is 18.8. The number of thiazole rings is 1. The molecular weight excluding hydrogens is 412 g/mol. The Balaban J connectivity index is 1.22. The number of H-pyrrole nitrogens is 1. The standard InChI is InChI=1S/C22H24N6S2/c1-16(21-23-18-9-5-6-10-19(18)30-21)27-13-11-26(12-14-27)15-28-22(29)24-20(25-28)17-7-3-2-4-8-17/h2-10,16H,11-15H2,1H3,(H,24,25,29). The molecule has 1 aliphatic heterocycles. The van der Waals surface area contributed by atoms with Crippen molar-refractivity contribution in [2.75, 3.05) is 26.2 Å². The summed E-state index contributed by atoms with van der Waals surface area (Å²) in [6.45, 7) is 7.04. The maximum Gasteiger partial charge on any atom is 0.217 e. The largest absolute Gasteiger partial charge is 0.292 e. The Hall–Kier alpha value is -2.39. The third-order valence-electron chi connectivity index (χ3n) is 5.69. The zero-order chi connectivity index (χ0) is 20.5. The monoisotopic (exact) mass is 436 g/mol. The second-order valence-corrected chi connectivity index (χ2v) is 9.07. The molecule has 0 aliphatic carbocycles. The summed E-state index contributed by atoms with van der Waals surface area (Å²) in [4.78, 5) is 14.3. The van der Waals surface area contributed by atoms with E-state index in [1.54, 1.807) is 0 Å². The fraction of sp³-hybridized carbons (Fsp3) is 0.318. The number of nitrogens with zero attached hydrogens (tertiary/aromatic N) is 5. The lowest BCUT2D eigenvalue weighted by Crippen LogP contribution is -2.47. The van der Waals surface area contributed by atoms with Crippen molar-refractivity contribution >= 4 is 33.8 Å². The summed E-state index contributed by atoms with van der Waals surface area (Å²) in [5, 5.41) is 4.56. The fourth-order valence-electron chi connectivity index (χ4n) is 3.89. The van der Waals surface area contributed by atoms with E-state index in [0.29, 0.717) is 10.8 Å². The van der Waals surface area contributed by atoms with Crippen molar-refractivity contribution in [2.24, 2.45) is 0 Å². The molecule has 3 heterocycles. The van der Waals surface area contributed by atoms with E-state index in [2.05, 4.69) is 51.1 Å². The van der Waals surface area contributed by atoms with Crippen molar-refractivity contribution in [3.05, 3.63) is 64.4 Å². The average Bonchev–Trinajstić information content (AvgIpc) is 3.38. The van der Waals surface area contributed by atoms with E-state index in [1.807, 2.05) is 46.4 Å². The number of rotatable bonds is 5. The number of piperazine rings is 1. The summed E-state index contributed by atoms with van der Waals surface area (Å²) in [5.41, 5.74) is 2.16. The molecule has 2 aromatic carbocycles. The van der Waals surface area contributed by atoms with Crippen LogP contribution >= 0.6 is 23.6 Å². The van der Waals surface area contributed by atoms with E-state index in [4.69, 9.17) is 17.2 Å². The van der Waals surface area contributed by atoms with Crippen molar-refractivity contribution < 1.29 is 0 Å². The van der Waals surface area contributed by atoms with Gasteiger partial charge >= 0.3 is 0 Å². The van der Waals surface area contributed by atoms with E-state index in [-0.39, 0.29) is 0 Å². The van der Waals surface area contributed by atoms with Gasteiger partial charge in [-0.25, -0.2) is 9.67 Å². The highest BCUT2D eigenvalue weighted by Crippen LogP contribution is 2.30. The Bertz CT molecular complexity index is 1150. The molecule has 0 spiro atoms. The molecule has 0 radical (unpaired) electrons. The smallest absolute Gasteiger partial charge is 0.217 e. The summed E-state index contributed by atoms with van der Waals surface area (Å²) < 4.78 is 3.82. The molecule has 0 bridgehead atoms. The van der Waals surface area contributed by atoms with Crippen LogP contribution in [0.15, 0.2) is 54.6 Å². The Labute approximate surface area is 184 Å². The van der Waals surface area contributed by atoms with Gasteiger partial charge in [0.15, 0.2) is 5.82 Å². The van der Waals surface area contributed by atoms with Gasteiger partial charge in [-0.1, -0.05) is 42.5 Å². The molecular formula is C22H24N6S2. The quantitative estimate of drug-likeness (QED) is 0.465. The molecule has 8 heteroatoms. The first kappa shape index (κ1) is 19.6. The van der Waals surface area contributed by atoms with Crippen molar-refractivity contribution in [2.45, 2.75) is 19.6 Å². The fourth-order valence-corrected chi connectivity index (χ4v) is 5.14. The molecule has 4 aromatic rings. The van der Waals surface area contributed by atoms with Gasteiger partial charge in [-0.05, 0) is 31.3 Å². The maximum atomic E-state index is 5.48. The lowest BCUT2D eigenvalue weighted by molar-refractivity contribution is 0.0789. The van der Waals surface area contributed by atoms with Crippen molar-refractivity contribution in [3.63, 3.8) is 0 Å². The van der Waals surface area contributed by atoms with Crippen LogP contribution in [0.25, 0.3) is 21.6 Å². The second-order valence-electron chi connectivity index (χ2n) is 7.64. The highest BCUT2D eigenvalue weighted by Gasteiger charge is 2.24. The van der Waals surface area contributed by atoms with Crippen molar-refractivity contribution in [1.29, 1.82) is 0 Å². The predicted octanol–water partition coefficient (Wildman–Crippen LogP) is 4.55. The Morgan fingerprint density at radius 1 is 1.00 bits per heavy atom. The van der Waals surface area contributed by atoms with Crippen LogP contribution in [-0.2, 0) is 6.67 Å². The van der Waals surface area contributed by atoms with Crippen molar-refractivity contribution in [3.8, 4) is 11.4 Å². The molecule has 1 saturated heterocycles. The van der Waals surface area contributed by atoms with Gasteiger partial charge < -0.3 is 0 Å². The van der Waals surface area contributed by atoms with Gasteiger partial charge in [0.05, 0.1) is 22.9 Å². The first-order valence-electron chi connectivity index (χ1n) is 10.2. The first-order valence-corrected chi connectivity index (χ1v) is 11.4. The molecule has 6 nitrogen and oxygen atoms in total. The molecule has 1 N–H and O–H groups in total. The van der Waals surface area contributed by atoms with E-state index in [9.17, 15) is 0 Å². The number of para-hydroxylation sites is 1. The molecule has 1 fully saturated rings. The van der Waals surface area contributed by atoms with Gasteiger partial charge in [0.2, 0.25) is 4.77 Å². The Kier molecular flexibility index (Phi) is 5.47. The predicted molar refractivity (Wildman–Crippen MR) is 124 cm³/mol. The summed E-state index contributed by atoms with van der Waals surface area (Å²) in [7, 11) is 0. The third-order valence-corrected chi connectivity index (χ3v) is 7.21. The van der Waals surface area contributed by atoms with Gasteiger partial charge in [0, 0.05) is 31.7 Å². The van der Waals surface area contributed by atoms with Crippen LogP contribution in [0.4, 0.5) is 0 Å². The SMILES string of the molecule is CC(c1nc2ccccc2s1)N1CCN(Cn2[nH]c(-c3ccccc3)nc2=S)CC1. The van der Waals surface area contributed by atoms with Gasteiger partial charge in [-0.2, -0.15) is 4.98 Å². The molecule has 1 unspecified atom stereocenters. The normalized spacial score (nSPS) is 16.8. The van der Waals surface area contributed by atoms with Crippen molar-refractivity contribution in [1.82, 2.24) is 29.5 Å². The number of aromatic amines is 1. The minimum absolute atomic E-state index is 0.337. The van der Waals surface area contributed by atoms with Crippen LogP contribution in [0.2, 0.25) is 0 Å². The molecule has 1 aliphatic rings. The molecule has 5 rings (SSSR count). The van der Waals surface area contributed by atoms with E-state index >= 15 is 0 Å². The van der Waals surface area contributed by atoms with Crippen LogP contribution in [0.1, 0.15) is 18.0 Å². The van der Waals surface area contributed by atoms with Crippen LogP contribution in [0.5, 0.6) is 0 Å². The molecule has 30 heavy (non-hydrogen) atoms. The zero-order valence-corrected chi connectivity index (χ0v) is 18.5. The van der Waals surface area contributed by atoms with E-state index in [0.717, 1.165) is 49.8 Å². The minimum atomic E-state index is 0.337. The Morgan fingerprint density at radius 3 is 2.50 bits per heavy atom. The third kappa shape index (κ3) is 3.96. The Morgan fingerprint density at radius 2 is 1.73 bits per heavy atom. The van der Waals surface area contributed by atoms with Crippen LogP contribution in [-0.4, -0.2) is 55.7 Å². The highest BCUT2D eigenvalue weighted by molar-refractivity contribution is 7.71. The van der Waals surface area contributed by atoms with Gasteiger partial charge in [0.1, 0.15) is 5.01 Å². The summed E-state index contributed by atoms with van der Waals surface area (Å²) >= 11 is 7.29. The minimum Gasteiger partial charge on any atom is -0.292 e.